The van der Waals surface area contributed by atoms with Crippen LogP contribution in [0, 0.1) is 0 Å². The molecule has 0 bridgehead atoms. The van der Waals surface area contributed by atoms with Gasteiger partial charge in [-0.2, -0.15) is 0 Å². The highest BCUT2D eigenvalue weighted by Gasteiger charge is 2.43. The van der Waals surface area contributed by atoms with Crippen LogP contribution >= 0.6 is 0 Å². The van der Waals surface area contributed by atoms with E-state index in [-0.39, 0.29) is 11.5 Å². The number of aryl methyl sites for hydroxylation is 1. The minimum absolute atomic E-state index is 0.01000. The summed E-state index contributed by atoms with van der Waals surface area (Å²) < 4.78 is 8.05. The molecule has 24 heavy (non-hydrogen) atoms. The van der Waals surface area contributed by atoms with Crippen LogP contribution in [0.2, 0.25) is 0 Å². The van der Waals surface area contributed by atoms with Crippen LogP contribution in [-0.4, -0.2) is 69.7 Å². The molecule has 4 rings (SSSR count). The van der Waals surface area contributed by atoms with Gasteiger partial charge in [0, 0.05) is 45.2 Å². The number of imidazole rings is 1. The van der Waals surface area contributed by atoms with Crippen molar-refractivity contribution in [2.24, 2.45) is 7.05 Å². The smallest absolute Gasteiger partial charge is 0.289 e. The molecule has 1 amide bonds. The Labute approximate surface area is 143 Å². The number of amides is 1. The highest BCUT2D eigenvalue weighted by molar-refractivity contribution is 5.90. The highest BCUT2D eigenvalue weighted by atomic mass is 16.5. The number of ether oxygens (including phenoxy) is 1. The van der Waals surface area contributed by atoms with Gasteiger partial charge in [-0.3, -0.25) is 4.79 Å². The van der Waals surface area contributed by atoms with E-state index in [9.17, 15) is 4.79 Å². The topological polar surface area (TPSA) is 50.6 Å². The fourth-order valence-corrected chi connectivity index (χ4v) is 4.60. The Morgan fingerprint density at radius 1 is 1.25 bits per heavy atom. The molecular weight excluding hydrogens is 304 g/mol. The van der Waals surface area contributed by atoms with E-state index in [1.807, 2.05) is 18.1 Å². The van der Waals surface area contributed by atoms with Gasteiger partial charge in [0.2, 0.25) is 0 Å². The maximum Gasteiger partial charge on any atom is 0.289 e. The molecule has 0 saturated carbocycles. The lowest BCUT2D eigenvalue weighted by molar-refractivity contribution is -0.128. The van der Waals surface area contributed by atoms with Crippen molar-refractivity contribution in [3.8, 4) is 0 Å². The van der Waals surface area contributed by atoms with Crippen molar-refractivity contribution < 1.29 is 9.53 Å². The van der Waals surface area contributed by atoms with Crippen molar-refractivity contribution in [1.82, 2.24) is 19.4 Å². The molecule has 0 aliphatic carbocycles. The first-order valence-corrected chi connectivity index (χ1v) is 9.31. The van der Waals surface area contributed by atoms with E-state index in [4.69, 9.17) is 4.74 Å². The Hall–Kier alpha value is -1.40. The molecule has 0 N–H and O–H groups in total. The molecule has 3 fully saturated rings. The largest absolute Gasteiger partial charge is 0.375 e. The highest BCUT2D eigenvalue weighted by Crippen LogP contribution is 2.37. The number of likely N-dealkylation sites (tertiary alicyclic amines) is 2. The Bertz CT molecular complexity index is 586. The van der Waals surface area contributed by atoms with Gasteiger partial charge in [0.15, 0.2) is 5.82 Å². The predicted octanol–water partition coefficient (Wildman–Crippen LogP) is 1.67. The Balaban J connectivity index is 1.38. The van der Waals surface area contributed by atoms with E-state index >= 15 is 0 Å². The molecule has 6 heteroatoms. The second-order valence-corrected chi connectivity index (χ2v) is 7.58. The fourth-order valence-electron chi connectivity index (χ4n) is 4.60. The number of carbonyl (C=O) groups is 1. The van der Waals surface area contributed by atoms with E-state index in [0.29, 0.717) is 11.9 Å². The van der Waals surface area contributed by atoms with Gasteiger partial charge in [-0.1, -0.05) is 0 Å². The summed E-state index contributed by atoms with van der Waals surface area (Å²) in [6.07, 6.45) is 10.4. The zero-order chi connectivity index (χ0) is 16.6. The van der Waals surface area contributed by atoms with E-state index < -0.39 is 0 Å². The molecule has 1 unspecified atom stereocenters. The van der Waals surface area contributed by atoms with Gasteiger partial charge in [-0.05, 0) is 51.6 Å². The molecule has 4 heterocycles. The molecule has 1 aromatic rings. The van der Waals surface area contributed by atoms with Gasteiger partial charge in [-0.15, -0.1) is 0 Å². The van der Waals surface area contributed by atoms with Gasteiger partial charge >= 0.3 is 0 Å². The zero-order valence-electron chi connectivity index (χ0n) is 14.6. The molecule has 1 atom stereocenters. The third kappa shape index (κ3) is 2.97. The monoisotopic (exact) mass is 332 g/mol. The number of aromatic nitrogens is 2. The first-order chi connectivity index (χ1) is 11.7. The van der Waals surface area contributed by atoms with Crippen LogP contribution in [0.25, 0.3) is 0 Å². The summed E-state index contributed by atoms with van der Waals surface area (Å²) in [5.74, 6) is 0.578. The lowest BCUT2D eigenvalue weighted by Crippen LogP contribution is -2.54. The zero-order valence-corrected chi connectivity index (χ0v) is 14.6. The first kappa shape index (κ1) is 16.1. The van der Waals surface area contributed by atoms with Crippen molar-refractivity contribution in [3.05, 3.63) is 18.2 Å². The SMILES string of the molecule is Cn1ccnc1C(=O)N1CCC2(CC1)CC(N1CCCC1)CCO2. The lowest BCUT2D eigenvalue weighted by atomic mass is 9.82. The normalized spacial score (nSPS) is 27.7. The Kier molecular flexibility index (Phi) is 4.35. The third-order valence-corrected chi connectivity index (χ3v) is 6.10. The quantitative estimate of drug-likeness (QED) is 0.827. The summed E-state index contributed by atoms with van der Waals surface area (Å²) in [5.41, 5.74) is -0.01000. The molecule has 3 saturated heterocycles. The van der Waals surface area contributed by atoms with E-state index in [1.54, 1.807) is 10.8 Å². The summed E-state index contributed by atoms with van der Waals surface area (Å²) in [6, 6.07) is 0.679. The van der Waals surface area contributed by atoms with Gasteiger partial charge in [0.1, 0.15) is 0 Å². The summed E-state index contributed by atoms with van der Waals surface area (Å²) in [7, 11) is 1.87. The van der Waals surface area contributed by atoms with Crippen molar-refractivity contribution in [2.45, 2.75) is 50.2 Å². The van der Waals surface area contributed by atoms with Crippen LogP contribution in [0.15, 0.2) is 12.4 Å². The molecule has 132 valence electrons. The molecule has 1 aromatic heterocycles. The second kappa shape index (κ2) is 6.48. The van der Waals surface area contributed by atoms with Gasteiger partial charge < -0.3 is 19.1 Å². The maximum atomic E-state index is 12.6. The molecule has 6 nitrogen and oxygen atoms in total. The van der Waals surface area contributed by atoms with Crippen molar-refractivity contribution in [1.29, 1.82) is 0 Å². The number of piperidine rings is 1. The minimum Gasteiger partial charge on any atom is -0.375 e. The van der Waals surface area contributed by atoms with E-state index in [0.717, 1.165) is 45.4 Å². The number of nitrogens with zero attached hydrogens (tertiary/aromatic N) is 4. The van der Waals surface area contributed by atoms with Crippen LogP contribution in [-0.2, 0) is 11.8 Å². The number of hydrogen-bond acceptors (Lipinski definition) is 4. The van der Waals surface area contributed by atoms with Gasteiger partial charge in [-0.25, -0.2) is 4.98 Å². The van der Waals surface area contributed by atoms with Crippen LogP contribution in [0.5, 0.6) is 0 Å². The van der Waals surface area contributed by atoms with Crippen molar-refractivity contribution in [2.75, 3.05) is 32.8 Å². The Morgan fingerprint density at radius 3 is 2.67 bits per heavy atom. The third-order valence-electron chi connectivity index (χ3n) is 6.10. The standard InChI is InChI=1S/C18H28N4O2/c1-20-12-7-19-16(20)17(23)22-10-5-18(6-11-22)14-15(4-13-24-18)21-8-2-3-9-21/h7,12,15H,2-6,8-11,13-14H2,1H3. The summed E-state index contributed by atoms with van der Waals surface area (Å²) in [5, 5.41) is 0. The number of rotatable bonds is 2. The molecular formula is C18H28N4O2. The fraction of sp³-hybridized carbons (Fsp3) is 0.778. The number of hydrogen-bond donors (Lipinski definition) is 0. The summed E-state index contributed by atoms with van der Waals surface area (Å²) in [6.45, 7) is 4.93. The predicted molar refractivity (Wildman–Crippen MR) is 90.9 cm³/mol. The van der Waals surface area contributed by atoms with Crippen LogP contribution in [0.3, 0.4) is 0 Å². The molecule has 0 radical (unpaired) electrons. The average Bonchev–Trinajstić information content (AvgIpc) is 3.27. The lowest BCUT2D eigenvalue weighted by Gasteiger charge is -2.47. The van der Waals surface area contributed by atoms with Crippen molar-refractivity contribution >= 4 is 5.91 Å². The minimum atomic E-state index is -0.01000. The van der Waals surface area contributed by atoms with Gasteiger partial charge in [0.25, 0.3) is 5.91 Å². The number of carbonyl (C=O) groups excluding carboxylic acids is 1. The molecule has 0 aromatic carbocycles. The second-order valence-electron chi connectivity index (χ2n) is 7.58. The van der Waals surface area contributed by atoms with E-state index in [1.165, 1.54) is 25.9 Å². The first-order valence-electron chi connectivity index (χ1n) is 9.31. The summed E-state index contributed by atoms with van der Waals surface area (Å²) in [4.78, 5) is 21.4. The maximum absolute atomic E-state index is 12.6. The van der Waals surface area contributed by atoms with Gasteiger partial charge in [0.05, 0.1) is 5.60 Å². The van der Waals surface area contributed by atoms with Crippen LogP contribution in [0.1, 0.15) is 49.1 Å². The molecule has 1 spiro atoms. The average molecular weight is 332 g/mol. The molecule has 3 aliphatic rings. The van der Waals surface area contributed by atoms with Crippen LogP contribution in [0.4, 0.5) is 0 Å². The summed E-state index contributed by atoms with van der Waals surface area (Å²) >= 11 is 0. The van der Waals surface area contributed by atoms with Crippen LogP contribution < -0.4 is 0 Å². The van der Waals surface area contributed by atoms with E-state index in [2.05, 4.69) is 9.88 Å². The molecule has 3 aliphatic heterocycles. The van der Waals surface area contributed by atoms with Crippen molar-refractivity contribution in [3.63, 3.8) is 0 Å². The Morgan fingerprint density at radius 2 is 2.00 bits per heavy atom.